The molecule has 19 heavy (non-hydrogen) atoms. The first-order valence-electron chi connectivity index (χ1n) is 6.78. The molecule has 2 N–H and O–H groups in total. The molecule has 1 aliphatic heterocycles. The van der Waals surface area contributed by atoms with Gasteiger partial charge in [-0.3, -0.25) is 4.79 Å². The normalized spacial score (nSPS) is 19.5. The monoisotopic (exact) mass is 274 g/mol. The summed E-state index contributed by atoms with van der Waals surface area (Å²) in [7, 11) is 0. The van der Waals surface area contributed by atoms with Crippen molar-refractivity contribution in [2.45, 2.75) is 25.3 Å². The van der Waals surface area contributed by atoms with Crippen LogP contribution in [0.5, 0.6) is 0 Å². The lowest BCUT2D eigenvalue weighted by Crippen LogP contribution is -2.46. The van der Waals surface area contributed by atoms with Crippen molar-refractivity contribution in [1.82, 2.24) is 10.6 Å². The first-order chi connectivity index (χ1) is 9.33. The van der Waals surface area contributed by atoms with Crippen LogP contribution in [0.4, 0.5) is 0 Å². The first kappa shape index (κ1) is 12.6. The van der Waals surface area contributed by atoms with Crippen LogP contribution in [0.15, 0.2) is 29.6 Å². The van der Waals surface area contributed by atoms with Gasteiger partial charge in [-0.25, -0.2) is 0 Å². The lowest BCUT2D eigenvalue weighted by Gasteiger charge is -2.23. The van der Waals surface area contributed by atoms with Crippen LogP contribution in [-0.4, -0.2) is 25.0 Å². The number of fused-ring (bicyclic) bond motifs is 1. The molecule has 1 fully saturated rings. The van der Waals surface area contributed by atoms with Gasteiger partial charge >= 0.3 is 0 Å². The standard InChI is InChI=1S/C15H18N2OS/c18-15(17-12-4-3-7-16-9-12)8-11-10-19-14-6-2-1-5-13(11)14/h1-2,5-6,10,12,16H,3-4,7-9H2,(H,17,18)/t12-/m0/s1. The molecule has 1 aromatic carbocycles. The molecule has 3 rings (SSSR count). The van der Waals surface area contributed by atoms with Gasteiger partial charge in [-0.2, -0.15) is 0 Å². The smallest absolute Gasteiger partial charge is 0.224 e. The zero-order chi connectivity index (χ0) is 13.1. The number of hydrogen-bond acceptors (Lipinski definition) is 3. The van der Waals surface area contributed by atoms with Crippen molar-refractivity contribution in [3.05, 3.63) is 35.2 Å². The van der Waals surface area contributed by atoms with E-state index in [-0.39, 0.29) is 5.91 Å². The summed E-state index contributed by atoms with van der Waals surface area (Å²) >= 11 is 1.71. The zero-order valence-electron chi connectivity index (χ0n) is 10.8. The Hall–Kier alpha value is -1.39. The minimum atomic E-state index is 0.136. The minimum Gasteiger partial charge on any atom is -0.352 e. The van der Waals surface area contributed by atoms with Crippen LogP contribution < -0.4 is 10.6 Å². The number of carbonyl (C=O) groups is 1. The molecule has 1 amide bonds. The van der Waals surface area contributed by atoms with Crippen molar-refractivity contribution < 1.29 is 4.79 Å². The maximum atomic E-state index is 12.1. The Morgan fingerprint density at radius 2 is 2.32 bits per heavy atom. The summed E-state index contributed by atoms with van der Waals surface area (Å²) in [5, 5.41) is 9.75. The summed E-state index contributed by atoms with van der Waals surface area (Å²) in [6.45, 7) is 1.97. The van der Waals surface area contributed by atoms with Crippen molar-refractivity contribution >= 4 is 27.3 Å². The minimum absolute atomic E-state index is 0.136. The van der Waals surface area contributed by atoms with Crippen molar-refractivity contribution in [3.8, 4) is 0 Å². The lowest BCUT2D eigenvalue weighted by molar-refractivity contribution is -0.121. The van der Waals surface area contributed by atoms with Gasteiger partial charge in [-0.15, -0.1) is 11.3 Å². The number of carbonyl (C=O) groups excluding carboxylic acids is 1. The number of benzene rings is 1. The highest BCUT2D eigenvalue weighted by Crippen LogP contribution is 2.25. The second kappa shape index (κ2) is 5.72. The molecular formula is C15H18N2OS. The van der Waals surface area contributed by atoms with Gasteiger partial charge < -0.3 is 10.6 Å². The van der Waals surface area contributed by atoms with Gasteiger partial charge in [0.2, 0.25) is 5.91 Å². The van der Waals surface area contributed by atoms with E-state index in [0.717, 1.165) is 31.5 Å². The van der Waals surface area contributed by atoms with E-state index in [0.29, 0.717) is 12.5 Å². The Bertz CT molecular complexity index is 572. The SMILES string of the molecule is O=C(Cc1csc2ccccc12)N[C@H]1CCCNC1. The highest BCUT2D eigenvalue weighted by Gasteiger charge is 2.16. The molecule has 0 saturated carbocycles. The molecule has 4 heteroatoms. The Morgan fingerprint density at radius 3 is 3.16 bits per heavy atom. The molecule has 1 aromatic heterocycles. The molecule has 2 aromatic rings. The molecular weight excluding hydrogens is 256 g/mol. The van der Waals surface area contributed by atoms with E-state index < -0.39 is 0 Å². The first-order valence-corrected chi connectivity index (χ1v) is 7.66. The maximum Gasteiger partial charge on any atom is 0.224 e. The number of piperidine rings is 1. The van der Waals surface area contributed by atoms with Crippen molar-refractivity contribution in [2.24, 2.45) is 0 Å². The lowest BCUT2D eigenvalue weighted by atomic mass is 10.1. The van der Waals surface area contributed by atoms with Crippen molar-refractivity contribution in [2.75, 3.05) is 13.1 Å². The van der Waals surface area contributed by atoms with Crippen LogP contribution >= 0.6 is 11.3 Å². The Kier molecular flexibility index (Phi) is 3.80. The van der Waals surface area contributed by atoms with Crippen molar-refractivity contribution in [3.63, 3.8) is 0 Å². The number of rotatable bonds is 3. The quantitative estimate of drug-likeness (QED) is 0.902. The number of thiophene rings is 1. The molecule has 0 unspecified atom stereocenters. The van der Waals surface area contributed by atoms with Crippen LogP contribution in [0.2, 0.25) is 0 Å². The van der Waals surface area contributed by atoms with E-state index in [1.165, 1.54) is 10.1 Å². The van der Waals surface area contributed by atoms with Crippen LogP contribution in [0.1, 0.15) is 18.4 Å². The van der Waals surface area contributed by atoms with Gasteiger partial charge in [0.05, 0.1) is 6.42 Å². The average molecular weight is 274 g/mol. The molecule has 0 bridgehead atoms. The Morgan fingerprint density at radius 1 is 1.42 bits per heavy atom. The fraction of sp³-hybridized carbons (Fsp3) is 0.400. The predicted molar refractivity (Wildman–Crippen MR) is 79.6 cm³/mol. The summed E-state index contributed by atoms with van der Waals surface area (Å²) in [5.41, 5.74) is 1.14. The third kappa shape index (κ3) is 2.96. The van der Waals surface area contributed by atoms with E-state index in [2.05, 4.69) is 28.1 Å². The summed E-state index contributed by atoms with van der Waals surface area (Å²) in [4.78, 5) is 12.1. The van der Waals surface area contributed by atoms with Gasteiger partial charge in [0.25, 0.3) is 0 Å². The molecule has 1 saturated heterocycles. The van der Waals surface area contributed by atoms with E-state index in [1.807, 2.05) is 12.1 Å². The van der Waals surface area contributed by atoms with Gasteiger partial charge in [-0.05, 0) is 41.8 Å². The fourth-order valence-electron chi connectivity index (χ4n) is 2.60. The summed E-state index contributed by atoms with van der Waals surface area (Å²) < 4.78 is 1.25. The predicted octanol–water partition coefficient (Wildman–Crippen LogP) is 2.31. The Balaban J connectivity index is 1.65. The second-order valence-corrected chi connectivity index (χ2v) is 5.96. The van der Waals surface area contributed by atoms with E-state index in [1.54, 1.807) is 11.3 Å². The summed E-state index contributed by atoms with van der Waals surface area (Å²) in [6, 6.07) is 8.56. The number of hydrogen-bond donors (Lipinski definition) is 2. The summed E-state index contributed by atoms with van der Waals surface area (Å²) in [5.74, 6) is 0.136. The molecule has 0 spiro atoms. The van der Waals surface area contributed by atoms with Gasteiger partial charge in [0, 0.05) is 17.3 Å². The highest BCUT2D eigenvalue weighted by molar-refractivity contribution is 7.17. The van der Waals surface area contributed by atoms with E-state index >= 15 is 0 Å². The fourth-order valence-corrected chi connectivity index (χ4v) is 3.56. The molecule has 2 heterocycles. The topological polar surface area (TPSA) is 41.1 Å². The van der Waals surface area contributed by atoms with Gasteiger partial charge in [0.1, 0.15) is 0 Å². The van der Waals surface area contributed by atoms with Crippen molar-refractivity contribution in [1.29, 1.82) is 0 Å². The number of nitrogens with one attached hydrogen (secondary N) is 2. The van der Waals surface area contributed by atoms with Crippen LogP contribution in [0, 0.1) is 0 Å². The summed E-state index contributed by atoms with van der Waals surface area (Å²) in [6.07, 6.45) is 2.72. The maximum absolute atomic E-state index is 12.1. The molecule has 3 nitrogen and oxygen atoms in total. The third-order valence-corrected chi connectivity index (χ3v) is 4.59. The van der Waals surface area contributed by atoms with Crippen LogP contribution in [-0.2, 0) is 11.2 Å². The molecule has 1 atom stereocenters. The molecule has 100 valence electrons. The zero-order valence-corrected chi connectivity index (χ0v) is 11.6. The van der Waals surface area contributed by atoms with E-state index in [9.17, 15) is 4.79 Å². The highest BCUT2D eigenvalue weighted by atomic mass is 32.1. The second-order valence-electron chi connectivity index (χ2n) is 5.04. The molecule has 0 aliphatic carbocycles. The van der Waals surface area contributed by atoms with Crippen LogP contribution in [0.25, 0.3) is 10.1 Å². The third-order valence-electron chi connectivity index (χ3n) is 3.57. The average Bonchev–Trinajstić information content (AvgIpc) is 2.83. The largest absolute Gasteiger partial charge is 0.352 e. The molecule has 0 radical (unpaired) electrons. The van der Waals surface area contributed by atoms with Crippen LogP contribution in [0.3, 0.4) is 0 Å². The Labute approximate surface area is 117 Å². The van der Waals surface area contributed by atoms with E-state index in [4.69, 9.17) is 0 Å². The van der Waals surface area contributed by atoms with Gasteiger partial charge in [-0.1, -0.05) is 18.2 Å². The van der Waals surface area contributed by atoms with Gasteiger partial charge in [0.15, 0.2) is 0 Å². The molecule has 1 aliphatic rings. The number of amides is 1.